The number of aliphatic hydroxyl groups is 2. The topological polar surface area (TPSA) is 79.2 Å². The summed E-state index contributed by atoms with van der Waals surface area (Å²) in [6.45, 7) is 1.26. The number of carbonyl (C=O) groups is 1. The van der Waals surface area contributed by atoms with Crippen molar-refractivity contribution in [1.29, 1.82) is 0 Å². The fourth-order valence-electron chi connectivity index (χ4n) is 2.29. The van der Waals surface area contributed by atoms with Gasteiger partial charge in [0.2, 0.25) is 0 Å². The fraction of sp³-hybridized carbons (Fsp3) is 0.462. The second-order valence-electron chi connectivity index (χ2n) is 4.70. The standard InChI is InChI=1S/C13H15NO5/c15-9-6-14(7-10(9)16)13(17)8-1-2-11-12(5-8)19-4-3-18-11/h1-2,5,9-10,15-16H,3-4,6-7H2. The Morgan fingerprint density at radius 2 is 1.74 bits per heavy atom. The Hall–Kier alpha value is -1.79. The van der Waals surface area contributed by atoms with Crippen LogP contribution in [0.5, 0.6) is 11.5 Å². The molecule has 0 aliphatic carbocycles. The molecule has 1 fully saturated rings. The predicted molar refractivity (Wildman–Crippen MR) is 65.3 cm³/mol. The zero-order valence-electron chi connectivity index (χ0n) is 10.3. The molecule has 0 bridgehead atoms. The summed E-state index contributed by atoms with van der Waals surface area (Å²) >= 11 is 0. The molecule has 3 rings (SSSR count). The number of nitrogens with zero attached hydrogens (tertiary/aromatic N) is 1. The molecule has 1 amide bonds. The van der Waals surface area contributed by atoms with E-state index in [1.165, 1.54) is 4.90 Å². The number of hydrogen-bond donors (Lipinski definition) is 2. The molecule has 6 nitrogen and oxygen atoms in total. The van der Waals surface area contributed by atoms with Gasteiger partial charge in [-0.15, -0.1) is 0 Å². The van der Waals surface area contributed by atoms with Gasteiger partial charge in [-0.2, -0.15) is 0 Å². The first-order chi connectivity index (χ1) is 9.15. The largest absolute Gasteiger partial charge is 0.486 e. The minimum atomic E-state index is -0.874. The lowest BCUT2D eigenvalue weighted by Crippen LogP contribution is -2.30. The molecule has 0 saturated carbocycles. The Labute approximate surface area is 110 Å². The molecule has 2 aliphatic rings. The van der Waals surface area contributed by atoms with Crippen molar-refractivity contribution < 1.29 is 24.5 Å². The number of carbonyl (C=O) groups excluding carboxylic acids is 1. The Morgan fingerprint density at radius 3 is 2.42 bits per heavy atom. The van der Waals surface area contributed by atoms with E-state index in [9.17, 15) is 15.0 Å². The first kappa shape index (κ1) is 12.3. The summed E-state index contributed by atoms with van der Waals surface area (Å²) in [6, 6.07) is 4.99. The number of ether oxygens (including phenoxy) is 2. The number of rotatable bonds is 1. The molecule has 2 N–H and O–H groups in total. The number of aliphatic hydroxyl groups excluding tert-OH is 2. The van der Waals surface area contributed by atoms with Gasteiger partial charge in [-0.25, -0.2) is 0 Å². The highest BCUT2D eigenvalue weighted by Crippen LogP contribution is 2.31. The maximum Gasteiger partial charge on any atom is 0.254 e. The monoisotopic (exact) mass is 265 g/mol. The third-order valence-corrected chi connectivity index (χ3v) is 3.34. The molecule has 0 radical (unpaired) electrons. The van der Waals surface area contributed by atoms with Gasteiger partial charge in [0.1, 0.15) is 13.2 Å². The number of benzene rings is 1. The normalized spacial score (nSPS) is 25.5. The van der Waals surface area contributed by atoms with Gasteiger partial charge >= 0.3 is 0 Å². The highest BCUT2D eigenvalue weighted by molar-refractivity contribution is 5.95. The SMILES string of the molecule is O=C(c1ccc2c(c1)OCCO2)N1CC(O)C(O)C1. The van der Waals surface area contributed by atoms with Gasteiger partial charge in [-0.1, -0.05) is 0 Å². The van der Waals surface area contributed by atoms with Crippen LogP contribution < -0.4 is 9.47 Å². The Morgan fingerprint density at radius 1 is 1.11 bits per heavy atom. The summed E-state index contributed by atoms with van der Waals surface area (Å²) < 4.78 is 10.8. The van der Waals surface area contributed by atoms with Crippen LogP contribution in [0, 0.1) is 0 Å². The molecule has 2 atom stereocenters. The zero-order valence-corrected chi connectivity index (χ0v) is 10.3. The maximum atomic E-state index is 12.2. The first-order valence-electron chi connectivity index (χ1n) is 6.20. The summed E-state index contributed by atoms with van der Waals surface area (Å²) in [5, 5.41) is 18.9. The molecule has 1 aromatic rings. The number of hydrogen-bond acceptors (Lipinski definition) is 5. The smallest absolute Gasteiger partial charge is 0.254 e. The highest BCUT2D eigenvalue weighted by Gasteiger charge is 2.33. The molecule has 0 spiro atoms. The maximum absolute atomic E-state index is 12.2. The van der Waals surface area contributed by atoms with Crippen LogP contribution in [0.3, 0.4) is 0 Å². The van der Waals surface area contributed by atoms with E-state index in [1.807, 2.05) is 0 Å². The lowest BCUT2D eigenvalue weighted by atomic mass is 10.1. The van der Waals surface area contributed by atoms with Gasteiger partial charge in [-0.3, -0.25) is 4.79 Å². The van der Waals surface area contributed by atoms with E-state index in [2.05, 4.69) is 0 Å². The van der Waals surface area contributed by atoms with Crippen molar-refractivity contribution in [2.24, 2.45) is 0 Å². The Balaban J connectivity index is 1.80. The van der Waals surface area contributed by atoms with Crippen molar-refractivity contribution in [3.8, 4) is 11.5 Å². The summed E-state index contributed by atoms with van der Waals surface area (Å²) in [4.78, 5) is 13.7. The molecule has 19 heavy (non-hydrogen) atoms. The minimum Gasteiger partial charge on any atom is -0.486 e. The zero-order chi connectivity index (χ0) is 13.4. The third-order valence-electron chi connectivity index (χ3n) is 3.34. The average Bonchev–Trinajstić information content (AvgIpc) is 2.77. The average molecular weight is 265 g/mol. The van der Waals surface area contributed by atoms with Gasteiger partial charge in [0.25, 0.3) is 5.91 Å². The van der Waals surface area contributed by atoms with Crippen LogP contribution in [0.1, 0.15) is 10.4 Å². The van der Waals surface area contributed by atoms with Crippen molar-refractivity contribution in [2.75, 3.05) is 26.3 Å². The molecule has 0 aromatic heterocycles. The lowest BCUT2D eigenvalue weighted by molar-refractivity contribution is 0.0572. The minimum absolute atomic E-state index is 0.147. The quantitative estimate of drug-likeness (QED) is 0.724. The second-order valence-corrected chi connectivity index (χ2v) is 4.70. The molecule has 2 unspecified atom stereocenters. The lowest BCUT2D eigenvalue weighted by Gasteiger charge is -2.20. The van der Waals surface area contributed by atoms with E-state index in [0.29, 0.717) is 30.3 Å². The van der Waals surface area contributed by atoms with E-state index >= 15 is 0 Å². The number of fused-ring (bicyclic) bond motifs is 1. The molecular formula is C13H15NO5. The second kappa shape index (κ2) is 4.71. The molecular weight excluding hydrogens is 250 g/mol. The predicted octanol–water partition coefficient (Wildman–Crippen LogP) is -0.365. The van der Waals surface area contributed by atoms with Gasteiger partial charge < -0.3 is 24.6 Å². The van der Waals surface area contributed by atoms with Crippen molar-refractivity contribution in [2.45, 2.75) is 12.2 Å². The number of likely N-dealkylation sites (tertiary alicyclic amines) is 1. The van der Waals surface area contributed by atoms with E-state index in [-0.39, 0.29) is 19.0 Å². The van der Waals surface area contributed by atoms with Crippen LogP contribution in [-0.4, -0.2) is 59.5 Å². The fourth-order valence-corrected chi connectivity index (χ4v) is 2.29. The van der Waals surface area contributed by atoms with E-state index < -0.39 is 12.2 Å². The molecule has 2 heterocycles. The van der Waals surface area contributed by atoms with E-state index in [1.54, 1.807) is 18.2 Å². The first-order valence-corrected chi connectivity index (χ1v) is 6.20. The van der Waals surface area contributed by atoms with Crippen LogP contribution >= 0.6 is 0 Å². The Kier molecular flexibility index (Phi) is 3.04. The summed E-state index contributed by atoms with van der Waals surface area (Å²) in [5.41, 5.74) is 0.463. The summed E-state index contributed by atoms with van der Waals surface area (Å²) in [5.74, 6) is 0.953. The number of amides is 1. The number of β-amino-alcohol motifs (C(OH)–C–C–N with tert-alkyl or cyclic N) is 2. The van der Waals surface area contributed by atoms with Gasteiger partial charge in [0.05, 0.1) is 12.2 Å². The molecule has 6 heteroatoms. The highest BCUT2D eigenvalue weighted by atomic mass is 16.6. The van der Waals surface area contributed by atoms with Crippen molar-refractivity contribution >= 4 is 5.91 Å². The summed E-state index contributed by atoms with van der Waals surface area (Å²) in [7, 11) is 0. The van der Waals surface area contributed by atoms with Crippen LogP contribution in [0.4, 0.5) is 0 Å². The Bertz CT molecular complexity index is 494. The summed E-state index contributed by atoms with van der Waals surface area (Å²) in [6.07, 6.45) is -1.75. The third kappa shape index (κ3) is 2.24. The van der Waals surface area contributed by atoms with Crippen LogP contribution in [0.2, 0.25) is 0 Å². The van der Waals surface area contributed by atoms with Gasteiger partial charge in [0, 0.05) is 18.7 Å². The van der Waals surface area contributed by atoms with Crippen LogP contribution in [-0.2, 0) is 0 Å². The van der Waals surface area contributed by atoms with Gasteiger partial charge in [-0.05, 0) is 18.2 Å². The van der Waals surface area contributed by atoms with Crippen LogP contribution in [0.25, 0.3) is 0 Å². The van der Waals surface area contributed by atoms with E-state index in [4.69, 9.17) is 9.47 Å². The van der Waals surface area contributed by atoms with E-state index in [0.717, 1.165) is 0 Å². The molecule has 1 saturated heterocycles. The molecule has 102 valence electrons. The van der Waals surface area contributed by atoms with Crippen molar-refractivity contribution in [3.63, 3.8) is 0 Å². The van der Waals surface area contributed by atoms with Crippen molar-refractivity contribution in [3.05, 3.63) is 23.8 Å². The molecule has 2 aliphatic heterocycles. The molecule has 1 aromatic carbocycles. The van der Waals surface area contributed by atoms with Gasteiger partial charge in [0.15, 0.2) is 11.5 Å². The van der Waals surface area contributed by atoms with Crippen LogP contribution in [0.15, 0.2) is 18.2 Å². The van der Waals surface area contributed by atoms with Crippen molar-refractivity contribution in [1.82, 2.24) is 4.90 Å².